The van der Waals surface area contributed by atoms with Crippen LogP contribution in [-0.2, 0) is 11.3 Å². The first-order chi connectivity index (χ1) is 11.7. The Balaban J connectivity index is 0.00000182. The van der Waals surface area contributed by atoms with Crippen LogP contribution >= 0.6 is 12.4 Å². The van der Waals surface area contributed by atoms with Gasteiger partial charge in [-0.2, -0.15) is 5.10 Å². The number of piperidine rings is 1. The van der Waals surface area contributed by atoms with Crippen molar-refractivity contribution in [3.05, 3.63) is 36.2 Å². The summed E-state index contributed by atoms with van der Waals surface area (Å²) >= 11 is 0. The number of halogens is 1. The first-order valence-corrected chi connectivity index (χ1v) is 8.75. The maximum absolute atomic E-state index is 12.9. The molecule has 0 radical (unpaired) electrons. The predicted molar refractivity (Wildman–Crippen MR) is 98.4 cm³/mol. The lowest BCUT2D eigenvalue weighted by Gasteiger charge is -2.36. The molecule has 134 valence electrons. The van der Waals surface area contributed by atoms with Crippen LogP contribution in [0.2, 0.25) is 0 Å². The molecule has 1 aromatic heterocycles. The lowest BCUT2D eigenvalue weighted by atomic mass is 9.97. The zero-order valence-electron chi connectivity index (χ0n) is 14.4. The van der Waals surface area contributed by atoms with Crippen molar-refractivity contribution in [1.29, 1.82) is 0 Å². The van der Waals surface area contributed by atoms with Crippen LogP contribution in [0, 0.1) is 5.92 Å². The molecular weight excluding hydrogens is 338 g/mol. The summed E-state index contributed by atoms with van der Waals surface area (Å²) in [5, 5.41) is 7.97. The highest BCUT2D eigenvalue weighted by Gasteiger charge is 2.34. The number of nitrogens with zero attached hydrogens (tertiary/aromatic N) is 4. The summed E-state index contributed by atoms with van der Waals surface area (Å²) < 4.78 is 1.95. The van der Waals surface area contributed by atoms with Gasteiger partial charge in [0.25, 0.3) is 0 Å². The maximum atomic E-state index is 12.9. The fourth-order valence-corrected chi connectivity index (χ4v) is 3.67. The first-order valence-electron chi connectivity index (χ1n) is 8.75. The number of carbonyl (C=O) groups excluding carboxylic acids is 1. The molecule has 1 aromatic carbocycles. The number of carbonyl (C=O) groups is 1. The van der Waals surface area contributed by atoms with E-state index in [1.807, 2.05) is 39.9 Å². The quantitative estimate of drug-likeness (QED) is 0.891. The number of hydrogen-bond acceptors (Lipinski definition) is 4. The molecule has 4 rings (SSSR count). The summed E-state index contributed by atoms with van der Waals surface area (Å²) in [6.45, 7) is 5.30. The van der Waals surface area contributed by atoms with Gasteiger partial charge in [-0.15, -0.1) is 12.4 Å². The molecule has 3 heterocycles. The van der Waals surface area contributed by atoms with E-state index in [0.29, 0.717) is 13.1 Å². The molecule has 0 unspecified atom stereocenters. The summed E-state index contributed by atoms with van der Waals surface area (Å²) in [6, 6.07) is 9.97. The van der Waals surface area contributed by atoms with Gasteiger partial charge in [-0.25, -0.2) is 9.67 Å². The van der Waals surface area contributed by atoms with Gasteiger partial charge in [0.2, 0.25) is 5.91 Å². The standard InChI is InChI=1S/C18H23N5O.ClH/c1-13-17-20-16(14-6-3-2-4-7-14)21-23(17)11-10-22(13)18(24)15-8-5-9-19-12-15;/h2-4,6-7,13,15,19H,5,8-12H2,1H3;1H/t13-,15+;/m0./s1. The largest absolute Gasteiger partial charge is 0.331 e. The number of aromatic nitrogens is 3. The van der Waals surface area contributed by atoms with Crippen molar-refractivity contribution in [3.63, 3.8) is 0 Å². The van der Waals surface area contributed by atoms with Gasteiger partial charge >= 0.3 is 0 Å². The van der Waals surface area contributed by atoms with Gasteiger partial charge < -0.3 is 10.2 Å². The van der Waals surface area contributed by atoms with Crippen molar-refractivity contribution in [2.45, 2.75) is 32.4 Å². The molecule has 6 nitrogen and oxygen atoms in total. The molecular formula is C18H24ClN5O. The SMILES string of the molecule is C[C@H]1c2nc(-c3ccccc3)nn2CCN1C(=O)[C@@H]1CCCNC1.Cl. The monoisotopic (exact) mass is 361 g/mol. The minimum atomic E-state index is -0.0295. The highest BCUT2D eigenvalue weighted by molar-refractivity contribution is 5.85. The Bertz CT molecular complexity index is 726. The van der Waals surface area contributed by atoms with Gasteiger partial charge in [0.15, 0.2) is 5.82 Å². The van der Waals surface area contributed by atoms with E-state index in [9.17, 15) is 4.79 Å². The van der Waals surface area contributed by atoms with Crippen LogP contribution in [-0.4, -0.2) is 45.2 Å². The zero-order chi connectivity index (χ0) is 16.5. The van der Waals surface area contributed by atoms with Crippen molar-refractivity contribution in [1.82, 2.24) is 25.0 Å². The van der Waals surface area contributed by atoms with Crippen molar-refractivity contribution in [3.8, 4) is 11.4 Å². The van der Waals surface area contributed by atoms with Gasteiger partial charge in [-0.05, 0) is 26.3 Å². The van der Waals surface area contributed by atoms with E-state index >= 15 is 0 Å². The normalized spacial score (nSPS) is 22.8. The van der Waals surface area contributed by atoms with Crippen LogP contribution in [0.4, 0.5) is 0 Å². The van der Waals surface area contributed by atoms with Crippen LogP contribution in [0.25, 0.3) is 11.4 Å². The fourth-order valence-electron chi connectivity index (χ4n) is 3.67. The maximum Gasteiger partial charge on any atom is 0.227 e. The van der Waals surface area contributed by atoms with Crippen LogP contribution in [0.1, 0.15) is 31.6 Å². The van der Waals surface area contributed by atoms with Crippen molar-refractivity contribution in [2.75, 3.05) is 19.6 Å². The van der Waals surface area contributed by atoms with E-state index < -0.39 is 0 Å². The van der Waals surface area contributed by atoms with Crippen LogP contribution in [0.3, 0.4) is 0 Å². The second-order valence-electron chi connectivity index (χ2n) is 6.63. The predicted octanol–water partition coefficient (Wildman–Crippen LogP) is 2.27. The second kappa shape index (κ2) is 7.54. The van der Waals surface area contributed by atoms with E-state index in [2.05, 4.69) is 17.3 Å². The molecule has 7 heteroatoms. The molecule has 0 bridgehead atoms. The van der Waals surface area contributed by atoms with Crippen LogP contribution < -0.4 is 5.32 Å². The molecule has 2 atom stereocenters. The molecule has 1 saturated heterocycles. The molecule has 1 N–H and O–H groups in total. The van der Waals surface area contributed by atoms with Crippen molar-refractivity contribution in [2.24, 2.45) is 5.92 Å². The van der Waals surface area contributed by atoms with E-state index in [-0.39, 0.29) is 30.3 Å². The van der Waals surface area contributed by atoms with Gasteiger partial charge in [0.1, 0.15) is 5.82 Å². The van der Waals surface area contributed by atoms with Gasteiger partial charge in [0.05, 0.1) is 18.5 Å². The molecule has 2 aliphatic rings. The Morgan fingerprint density at radius 3 is 2.76 bits per heavy atom. The number of fused-ring (bicyclic) bond motifs is 1. The molecule has 1 fully saturated rings. The Hall–Kier alpha value is -1.92. The summed E-state index contributed by atoms with van der Waals surface area (Å²) in [5.74, 6) is 1.98. The highest BCUT2D eigenvalue weighted by Crippen LogP contribution is 2.28. The third-order valence-corrected chi connectivity index (χ3v) is 5.06. The molecule has 0 saturated carbocycles. The molecule has 25 heavy (non-hydrogen) atoms. The third kappa shape index (κ3) is 3.41. The summed E-state index contributed by atoms with van der Waals surface area (Å²) in [6.07, 6.45) is 2.06. The van der Waals surface area contributed by atoms with E-state index in [0.717, 1.165) is 43.1 Å². The van der Waals surface area contributed by atoms with E-state index in [1.54, 1.807) is 0 Å². The molecule has 0 spiro atoms. The van der Waals surface area contributed by atoms with Gasteiger partial charge in [0, 0.05) is 18.7 Å². The average Bonchev–Trinajstić information content (AvgIpc) is 3.08. The fraction of sp³-hybridized carbons (Fsp3) is 0.500. The number of amides is 1. The molecule has 2 aliphatic heterocycles. The minimum Gasteiger partial charge on any atom is -0.331 e. The summed E-state index contributed by atoms with van der Waals surface area (Å²) in [5.41, 5.74) is 1.01. The van der Waals surface area contributed by atoms with Crippen molar-refractivity contribution >= 4 is 18.3 Å². The summed E-state index contributed by atoms with van der Waals surface area (Å²) in [7, 11) is 0. The number of hydrogen-bond donors (Lipinski definition) is 1. The summed E-state index contributed by atoms with van der Waals surface area (Å²) in [4.78, 5) is 19.6. The lowest BCUT2D eigenvalue weighted by molar-refractivity contribution is -0.139. The lowest BCUT2D eigenvalue weighted by Crippen LogP contribution is -2.47. The van der Waals surface area contributed by atoms with Crippen LogP contribution in [0.15, 0.2) is 30.3 Å². The topological polar surface area (TPSA) is 63.1 Å². The number of rotatable bonds is 2. The average molecular weight is 362 g/mol. The Morgan fingerprint density at radius 2 is 2.04 bits per heavy atom. The third-order valence-electron chi connectivity index (χ3n) is 5.06. The highest BCUT2D eigenvalue weighted by atomic mass is 35.5. The molecule has 1 amide bonds. The van der Waals surface area contributed by atoms with Gasteiger partial charge in [-0.1, -0.05) is 30.3 Å². The Labute approximate surface area is 154 Å². The number of nitrogens with one attached hydrogen (secondary N) is 1. The smallest absolute Gasteiger partial charge is 0.227 e. The van der Waals surface area contributed by atoms with Crippen molar-refractivity contribution < 1.29 is 4.79 Å². The first kappa shape index (κ1) is 17.9. The second-order valence-corrected chi connectivity index (χ2v) is 6.63. The molecule has 2 aromatic rings. The molecule has 0 aliphatic carbocycles. The Kier molecular flexibility index (Phi) is 5.39. The number of benzene rings is 1. The van der Waals surface area contributed by atoms with Gasteiger partial charge in [-0.3, -0.25) is 4.79 Å². The van der Waals surface area contributed by atoms with E-state index in [1.165, 1.54) is 0 Å². The minimum absolute atomic E-state index is 0. The zero-order valence-corrected chi connectivity index (χ0v) is 15.2. The van der Waals surface area contributed by atoms with E-state index in [4.69, 9.17) is 4.98 Å². The van der Waals surface area contributed by atoms with Crippen LogP contribution in [0.5, 0.6) is 0 Å². The Morgan fingerprint density at radius 1 is 1.24 bits per heavy atom.